The van der Waals surface area contributed by atoms with Gasteiger partial charge in [-0.15, -0.1) is 0 Å². The number of benzene rings is 1. The lowest BCUT2D eigenvalue weighted by molar-refractivity contribution is -0.137. The minimum atomic E-state index is -0.836. The number of aromatic nitrogens is 2. The lowest BCUT2D eigenvalue weighted by atomic mass is 9.97. The van der Waals surface area contributed by atoms with E-state index in [9.17, 15) is 14.4 Å². The van der Waals surface area contributed by atoms with E-state index in [0.29, 0.717) is 29.6 Å². The Kier molecular flexibility index (Phi) is 4.42. The summed E-state index contributed by atoms with van der Waals surface area (Å²) in [5.41, 5.74) is 1.69. The number of nitrogens with zero attached hydrogens (tertiary/aromatic N) is 2. The van der Waals surface area contributed by atoms with Crippen molar-refractivity contribution in [3.8, 4) is 0 Å². The Bertz CT molecular complexity index is 836. The second kappa shape index (κ2) is 6.51. The standard InChI is InChI=1S/C17H21N3O4/c1-19-14-10-11(5-7-13(14)18-17(19)24)16(23)20-9-3-2-4-12(20)6-8-15(21)22/h5,7,10,12H,2-4,6,8-9H2,1H3,(H,18,24)(H,21,22). The highest BCUT2D eigenvalue weighted by Gasteiger charge is 2.28. The van der Waals surface area contributed by atoms with E-state index in [2.05, 4.69) is 4.98 Å². The molecule has 0 radical (unpaired) electrons. The molecule has 128 valence electrons. The number of imidazole rings is 1. The minimum Gasteiger partial charge on any atom is -0.481 e. The third-order valence-corrected chi connectivity index (χ3v) is 4.73. The molecule has 1 fully saturated rings. The fraction of sp³-hybridized carbons (Fsp3) is 0.471. The van der Waals surface area contributed by atoms with Crippen molar-refractivity contribution in [1.82, 2.24) is 14.5 Å². The summed E-state index contributed by atoms with van der Waals surface area (Å²) in [6, 6.07) is 5.13. The molecule has 7 nitrogen and oxygen atoms in total. The number of likely N-dealkylation sites (tertiary alicyclic amines) is 1. The van der Waals surface area contributed by atoms with E-state index in [1.807, 2.05) is 0 Å². The largest absolute Gasteiger partial charge is 0.481 e. The maximum Gasteiger partial charge on any atom is 0.326 e. The van der Waals surface area contributed by atoms with Crippen LogP contribution in [0.2, 0.25) is 0 Å². The van der Waals surface area contributed by atoms with Gasteiger partial charge in [-0.2, -0.15) is 0 Å². The molecule has 1 aliphatic rings. The molecule has 0 spiro atoms. The van der Waals surface area contributed by atoms with E-state index in [1.165, 1.54) is 4.57 Å². The first-order valence-electron chi connectivity index (χ1n) is 8.19. The fourth-order valence-corrected chi connectivity index (χ4v) is 3.38. The average Bonchev–Trinajstić information content (AvgIpc) is 2.86. The molecule has 1 atom stereocenters. The van der Waals surface area contributed by atoms with Gasteiger partial charge in [0, 0.05) is 31.6 Å². The van der Waals surface area contributed by atoms with Gasteiger partial charge in [-0.25, -0.2) is 4.79 Å². The molecule has 0 saturated carbocycles. The maximum absolute atomic E-state index is 12.9. The van der Waals surface area contributed by atoms with Crippen LogP contribution in [0.25, 0.3) is 11.0 Å². The Morgan fingerprint density at radius 3 is 2.88 bits per heavy atom. The van der Waals surface area contributed by atoms with Gasteiger partial charge in [-0.3, -0.25) is 14.2 Å². The summed E-state index contributed by atoms with van der Waals surface area (Å²) in [5.74, 6) is -0.933. The van der Waals surface area contributed by atoms with E-state index < -0.39 is 5.97 Å². The number of carbonyl (C=O) groups is 2. The van der Waals surface area contributed by atoms with Gasteiger partial charge in [-0.1, -0.05) is 0 Å². The number of H-pyrrole nitrogens is 1. The number of carboxylic acid groups (broad SMARTS) is 1. The van der Waals surface area contributed by atoms with Gasteiger partial charge in [-0.05, 0) is 43.9 Å². The number of hydrogen-bond acceptors (Lipinski definition) is 3. The van der Waals surface area contributed by atoms with Crippen LogP contribution in [0.1, 0.15) is 42.5 Å². The number of amides is 1. The van der Waals surface area contributed by atoms with Crippen molar-refractivity contribution >= 4 is 22.9 Å². The normalized spacial score (nSPS) is 18.0. The van der Waals surface area contributed by atoms with Crippen LogP contribution in [0.4, 0.5) is 0 Å². The van der Waals surface area contributed by atoms with Crippen LogP contribution in [-0.4, -0.2) is 44.0 Å². The van der Waals surface area contributed by atoms with E-state index in [4.69, 9.17) is 5.11 Å². The molecular formula is C17H21N3O4. The molecule has 3 rings (SSSR count). The Morgan fingerprint density at radius 2 is 2.12 bits per heavy atom. The molecule has 1 aromatic heterocycles. The van der Waals surface area contributed by atoms with Crippen molar-refractivity contribution in [2.45, 2.75) is 38.1 Å². The maximum atomic E-state index is 12.9. The number of nitrogens with one attached hydrogen (secondary N) is 1. The van der Waals surface area contributed by atoms with E-state index in [1.54, 1.807) is 30.1 Å². The molecule has 2 heterocycles. The van der Waals surface area contributed by atoms with E-state index in [0.717, 1.165) is 19.3 Å². The predicted octanol–water partition coefficient (Wildman–Crippen LogP) is 1.73. The Balaban J connectivity index is 1.87. The second-order valence-corrected chi connectivity index (χ2v) is 6.30. The number of piperidine rings is 1. The second-order valence-electron chi connectivity index (χ2n) is 6.30. The number of aliphatic carboxylic acids is 1. The first kappa shape index (κ1) is 16.3. The van der Waals surface area contributed by atoms with Crippen LogP contribution in [0.3, 0.4) is 0 Å². The van der Waals surface area contributed by atoms with Gasteiger partial charge in [0.2, 0.25) is 0 Å². The number of rotatable bonds is 4. The minimum absolute atomic E-state index is 0.0342. The van der Waals surface area contributed by atoms with Gasteiger partial charge in [0.15, 0.2) is 0 Å². The number of hydrogen-bond donors (Lipinski definition) is 2. The molecule has 1 aromatic carbocycles. The van der Waals surface area contributed by atoms with Gasteiger partial charge in [0.1, 0.15) is 0 Å². The third kappa shape index (κ3) is 3.06. The van der Waals surface area contributed by atoms with Gasteiger partial charge < -0.3 is 15.0 Å². The van der Waals surface area contributed by atoms with Crippen molar-refractivity contribution in [3.05, 3.63) is 34.2 Å². The first-order valence-corrected chi connectivity index (χ1v) is 8.19. The van der Waals surface area contributed by atoms with Gasteiger partial charge in [0.25, 0.3) is 5.91 Å². The van der Waals surface area contributed by atoms with Crippen LogP contribution in [0.5, 0.6) is 0 Å². The Hall–Kier alpha value is -2.57. The molecule has 7 heteroatoms. The highest BCUT2D eigenvalue weighted by Crippen LogP contribution is 2.24. The van der Waals surface area contributed by atoms with E-state index >= 15 is 0 Å². The fourth-order valence-electron chi connectivity index (χ4n) is 3.38. The molecule has 0 bridgehead atoms. The monoisotopic (exact) mass is 331 g/mol. The summed E-state index contributed by atoms with van der Waals surface area (Å²) < 4.78 is 1.48. The Labute approximate surface area is 138 Å². The highest BCUT2D eigenvalue weighted by atomic mass is 16.4. The van der Waals surface area contributed by atoms with Crippen LogP contribution in [-0.2, 0) is 11.8 Å². The average molecular weight is 331 g/mol. The van der Waals surface area contributed by atoms with Crippen molar-refractivity contribution in [2.24, 2.45) is 7.05 Å². The highest BCUT2D eigenvalue weighted by molar-refractivity contribution is 5.97. The van der Waals surface area contributed by atoms with Crippen LogP contribution >= 0.6 is 0 Å². The molecule has 0 aliphatic carbocycles. The summed E-state index contributed by atoms with van der Waals surface area (Å²) in [4.78, 5) is 39.9. The van der Waals surface area contributed by atoms with Gasteiger partial charge in [0.05, 0.1) is 11.0 Å². The van der Waals surface area contributed by atoms with E-state index in [-0.39, 0.29) is 24.1 Å². The Morgan fingerprint density at radius 1 is 1.33 bits per heavy atom. The SMILES string of the molecule is Cn1c(=O)[nH]c2ccc(C(=O)N3CCCCC3CCC(=O)O)cc21. The molecule has 2 N–H and O–H groups in total. The lowest BCUT2D eigenvalue weighted by Gasteiger charge is -2.35. The molecule has 24 heavy (non-hydrogen) atoms. The van der Waals surface area contributed by atoms with Crippen molar-refractivity contribution in [3.63, 3.8) is 0 Å². The quantitative estimate of drug-likeness (QED) is 0.892. The zero-order chi connectivity index (χ0) is 17.3. The lowest BCUT2D eigenvalue weighted by Crippen LogP contribution is -2.44. The summed E-state index contributed by atoms with van der Waals surface area (Å²) in [6.45, 7) is 0.646. The van der Waals surface area contributed by atoms with Crippen molar-refractivity contribution < 1.29 is 14.7 Å². The predicted molar refractivity (Wildman–Crippen MR) is 89.1 cm³/mol. The number of fused-ring (bicyclic) bond motifs is 1. The summed E-state index contributed by atoms with van der Waals surface area (Å²) >= 11 is 0. The molecular weight excluding hydrogens is 310 g/mol. The number of aryl methyl sites for hydroxylation is 1. The van der Waals surface area contributed by atoms with Gasteiger partial charge >= 0.3 is 11.7 Å². The topological polar surface area (TPSA) is 95.4 Å². The molecule has 1 aliphatic heterocycles. The summed E-state index contributed by atoms with van der Waals surface area (Å²) in [7, 11) is 1.66. The van der Waals surface area contributed by atoms with Crippen molar-refractivity contribution in [2.75, 3.05) is 6.54 Å². The van der Waals surface area contributed by atoms with Crippen molar-refractivity contribution in [1.29, 1.82) is 0 Å². The summed E-state index contributed by atoms with van der Waals surface area (Å²) in [5, 5.41) is 8.90. The number of carbonyl (C=O) groups excluding carboxylic acids is 1. The zero-order valence-electron chi connectivity index (χ0n) is 13.6. The number of carboxylic acids is 1. The smallest absolute Gasteiger partial charge is 0.326 e. The van der Waals surface area contributed by atoms with Crippen LogP contribution in [0.15, 0.2) is 23.0 Å². The molecule has 1 unspecified atom stereocenters. The molecule has 2 aromatic rings. The third-order valence-electron chi connectivity index (χ3n) is 4.73. The number of aromatic amines is 1. The molecule has 1 amide bonds. The first-order chi connectivity index (χ1) is 11.5. The van der Waals surface area contributed by atoms with Crippen LogP contribution < -0.4 is 5.69 Å². The zero-order valence-corrected chi connectivity index (χ0v) is 13.6. The summed E-state index contributed by atoms with van der Waals surface area (Å²) in [6.07, 6.45) is 3.33. The molecule has 1 saturated heterocycles. The van der Waals surface area contributed by atoms with Crippen LogP contribution in [0, 0.1) is 0 Å².